The van der Waals surface area contributed by atoms with Crippen LogP contribution in [0.1, 0.15) is 24.3 Å². The highest BCUT2D eigenvalue weighted by molar-refractivity contribution is 6.24. The maximum atomic E-state index is 14.7. The fourth-order valence-electron chi connectivity index (χ4n) is 9.64. The van der Waals surface area contributed by atoms with E-state index in [0.29, 0.717) is 45.4 Å². The summed E-state index contributed by atoms with van der Waals surface area (Å²) >= 11 is 0. The smallest absolute Gasteiger partial charge is 0.238 e. The number of phenols is 1. The number of phenolic OH excluding ortho intramolecular Hbond substituents is 1. The van der Waals surface area contributed by atoms with Gasteiger partial charge in [0, 0.05) is 51.0 Å². The fraction of sp³-hybridized carbons (Fsp3) is 0.265. The molecule has 6 unspecified atom stereocenters. The zero-order valence-corrected chi connectivity index (χ0v) is 35.5. The molecule has 14 nitrogen and oxygen atoms in total. The van der Waals surface area contributed by atoms with Crippen LogP contribution < -0.4 is 24.3 Å². The van der Waals surface area contributed by atoms with Crippen molar-refractivity contribution in [2.45, 2.75) is 18.8 Å². The molecule has 4 aliphatic rings. The molecule has 0 radical (unpaired) electrons. The van der Waals surface area contributed by atoms with Crippen LogP contribution in [0.15, 0.2) is 147 Å². The highest BCUT2D eigenvalue weighted by Gasteiger charge is 2.63. The number of amides is 4. The summed E-state index contributed by atoms with van der Waals surface area (Å²) in [5.41, 5.74) is 6.40. The third-order valence-corrected chi connectivity index (χ3v) is 12.7. The van der Waals surface area contributed by atoms with Crippen molar-refractivity contribution in [3.05, 3.63) is 132 Å². The molecule has 0 spiro atoms. The average molecular weight is 843 g/mol. The summed E-state index contributed by atoms with van der Waals surface area (Å²) < 4.78 is 5.77. The summed E-state index contributed by atoms with van der Waals surface area (Å²) in [4.78, 5) is 64.6. The molecule has 63 heavy (non-hydrogen) atoms. The van der Waals surface area contributed by atoms with E-state index in [1.165, 1.54) is 23.0 Å². The highest BCUT2D eigenvalue weighted by atomic mass is 16.5. The number of azo groups is 2. The molecular formula is C49H46N8O6. The van der Waals surface area contributed by atoms with E-state index in [1.807, 2.05) is 92.6 Å². The van der Waals surface area contributed by atoms with Gasteiger partial charge in [0.2, 0.25) is 23.6 Å². The Hall–Kier alpha value is -7.48. The van der Waals surface area contributed by atoms with E-state index in [-0.39, 0.29) is 30.4 Å². The number of benzene rings is 5. The number of anilines is 4. The summed E-state index contributed by atoms with van der Waals surface area (Å²) in [6.45, 7) is 0. The van der Waals surface area contributed by atoms with Crippen molar-refractivity contribution in [2.75, 3.05) is 54.9 Å². The highest BCUT2D eigenvalue weighted by Crippen LogP contribution is 2.60. The Bertz CT molecular complexity index is 2690. The number of methoxy groups -OCH3 is 1. The maximum Gasteiger partial charge on any atom is 0.238 e. The van der Waals surface area contributed by atoms with Gasteiger partial charge >= 0.3 is 0 Å². The first-order valence-electron chi connectivity index (χ1n) is 20.8. The lowest BCUT2D eigenvalue weighted by Crippen LogP contribution is -2.43. The van der Waals surface area contributed by atoms with Crippen LogP contribution in [0, 0.1) is 29.6 Å². The number of imide groups is 2. The quantitative estimate of drug-likeness (QED) is 0.0827. The minimum absolute atomic E-state index is 0.0928. The molecule has 2 heterocycles. The van der Waals surface area contributed by atoms with E-state index in [0.717, 1.165) is 16.9 Å². The molecule has 0 bridgehead atoms. The minimum Gasteiger partial charge on any atom is -0.508 e. The van der Waals surface area contributed by atoms with Crippen molar-refractivity contribution in [1.82, 2.24) is 0 Å². The Morgan fingerprint density at radius 2 is 1.00 bits per heavy atom. The number of carbonyl (C=O) groups is 4. The average Bonchev–Trinajstić information content (AvgIpc) is 3.70. The SMILES string of the molecule is COc1cccc(O)c1C1C2=CCC3C(=O)N(c4ccc(N=Nc5ccc(N(C)C)cc5)cc4)C(=O)C3C2CC2C(=O)N(c3ccc(N=Nc4ccc(N(C)C)cc4)cc3)C(=O)C21. The van der Waals surface area contributed by atoms with Crippen molar-refractivity contribution in [1.29, 1.82) is 0 Å². The third kappa shape index (κ3) is 7.30. The van der Waals surface area contributed by atoms with Crippen molar-refractivity contribution < 1.29 is 29.0 Å². The first kappa shape index (κ1) is 40.9. The van der Waals surface area contributed by atoms with Gasteiger partial charge in [-0.15, -0.1) is 0 Å². The van der Waals surface area contributed by atoms with Crippen molar-refractivity contribution in [3.8, 4) is 11.5 Å². The van der Waals surface area contributed by atoms with Crippen LogP contribution in [0.2, 0.25) is 0 Å². The van der Waals surface area contributed by atoms with Crippen molar-refractivity contribution in [2.24, 2.45) is 50.0 Å². The number of ether oxygens (including phenoxy) is 1. The van der Waals surface area contributed by atoms with Gasteiger partial charge in [-0.2, -0.15) is 20.5 Å². The normalized spacial score (nSPS) is 23.0. The zero-order valence-electron chi connectivity index (χ0n) is 35.5. The standard InChI is InChI=1S/C49H46N8O6/c1-54(2)32-17-9-28(10-18-32)50-52-30-13-21-34(22-14-30)56-46(59)37-26-25-36-38(42(37)48(56)61)27-39-44(43(36)45-40(58)7-6-8-41(45)63-5)49(62)57(47(39)60)35-23-15-31(16-24-35)53-51-29-11-19-33(20-12-29)55(3)4/h6-25,37-39,42-44,58H,26-27H2,1-5H3. The fourth-order valence-corrected chi connectivity index (χ4v) is 9.64. The molecule has 4 amide bonds. The van der Waals surface area contributed by atoms with Crippen LogP contribution in [0.25, 0.3) is 0 Å². The molecule has 9 rings (SSSR count). The molecule has 14 heteroatoms. The van der Waals surface area contributed by atoms with Crippen LogP contribution in [-0.2, 0) is 19.2 Å². The number of fused-ring (bicyclic) bond motifs is 4. The van der Waals surface area contributed by atoms with Gasteiger partial charge in [-0.1, -0.05) is 17.7 Å². The molecule has 1 saturated carbocycles. The van der Waals surface area contributed by atoms with Crippen LogP contribution in [0.5, 0.6) is 11.5 Å². The van der Waals surface area contributed by atoms with E-state index in [9.17, 15) is 24.3 Å². The summed E-state index contributed by atoms with van der Waals surface area (Å²) in [5, 5.41) is 28.9. The van der Waals surface area contributed by atoms with Crippen LogP contribution >= 0.6 is 0 Å². The van der Waals surface area contributed by atoms with Gasteiger partial charge in [0.25, 0.3) is 0 Å². The van der Waals surface area contributed by atoms with Gasteiger partial charge in [0.15, 0.2) is 0 Å². The van der Waals surface area contributed by atoms with Crippen molar-refractivity contribution in [3.63, 3.8) is 0 Å². The maximum absolute atomic E-state index is 14.7. The number of hydrogen-bond donors (Lipinski definition) is 1. The second-order valence-corrected chi connectivity index (χ2v) is 16.7. The number of allylic oxidation sites excluding steroid dienone is 2. The Balaban J connectivity index is 1.00. The lowest BCUT2D eigenvalue weighted by atomic mass is 9.57. The second-order valence-electron chi connectivity index (χ2n) is 16.7. The molecule has 3 fully saturated rings. The van der Waals surface area contributed by atoms with Crippen LogP contribution in [0.3, 0.4) is 0 Å². The van der Waals surface area contributed by atoms with E-state index in [2.05, 4.69) is 20.5 Å². The van der Waals surface area contributed by atoms with Gasteiger partial charge in [-0.05, 0) is 128 Å². The predicted octanol–water partition coefficient (Wildman–Crippen LogP) is 9.41. The number of rotatable bonds is 10. The predicted molar refractivity (Wildman–Crippen MR) is 240 cm³/mol. The van der Waals surface area contributed by atoms with Gasteiger partial charge in [0.1, 0.15) is 11.5 Å². The lowest BCUT2D eigenvalue weighted by molar-refractivity contribution is -0.126. The second kappa shape index (κ2) is 16.4. The summed E-state index contributed by atoms with van der Waals surface area (Å²) in [5.74, 6) is -5.86. The molecule has 1 N–H and O–H groups in total. The summed E-state index contributed by atoms with van der Waals surface area (Å²) in [6, 6.07) is 33.7. The molecular weight excluding hydrogens is 797 g/mol. The van der Waals surface area contributed by atoms with Crippen molar-refractivity contribution >= 4 is 69.1 Å². The number of hydrogen-bond acceptors (Lipinski definition) is 12. The number of carbonyl (C=O) groups excluding carboxylic acids is 4. The topological polar surface area (TPSA) is 160 Å². The molecule has 5 aromatic rings. The summed E-state index contributed by atoms with van der Waals surface area (Å²) in [7, 11) is 9.33. The first-order chi connectivity index (χ1) is 30.4. The molecule has 6 atom stereocenters. The largest absolute Gasteiger partial charge is 0.508 e. The van der Waals surface area contributed by atoms with Crippen LogP contribution in [-0.4, -0.2) is 64.0 Å². The third-order valence-electron chi connectivity index (χ3n) is 12.7. The Kier molecular flexibility index (Phi) is 10.7. The van der Waals surface area contributed by atoms with Gasteiger partial charge in [-0.3, -0.25) is 29.0 Å². The molecule has 2 saturated heterocycles. The Morgan fingerprint density at radius 1 is 0.556 bits per heavy atom. The molecule has 318 valence electrons. The molecule has 0 aromatic heterocycles. The Labute approximate surface area is 364 Å². The summed E-state index contributed by atoms with van der Waals surface area (Å²) in [6.07, 6.45) is 2.36. The number of aromatic hydroxyl groups is 1. The van der Waals surface area contributed by atoms with Crippen LogP contribution in [0.4, 0.5) is 45.5 Å². The lowest BCUT2D eigenvalue weighted by Gasteiger charge is -2.44. The molecule has 5 aromatic carbocycles. The molecule has 2 aliphatic heterocycles. The van der Waals surface area contributed by atoms with Gasteiger partial charge < -0.3 is 19.6 Å². The van der Waals surface area contributed by atoms with E-state index in [4.69, 9.17) is 4.74 Å². The molecule has 2 aliphatic carbocycles. The van der Waals surface area contributed by atoms with E-state index in [1.54, 1.807) is 60.7 Å². The van der Waals surface area contributed by atoms with Gasteiger partial charge in [-0.25, -0.2) is 0 Å². The van der Waals surface area contributed by atoms with E-state index >= 15 is 0 Å². The minimum atomic E-state index is -0.904. The van der Waals surface area contributed by atoms with E-state index < -0.39 is 47.3 Å². The van der Waals surface area contributed by atoms with Gasteiger partial charge in [0.05, 0.1) is 64.9 Å². The zero-order chi connectivity index (χ0) is 44.1. The first-order valence-corrected chi connectivity index (χ1v) is 20.8. The Morgan fingerprint density at radius 3 is 1.46 bits per heavy atom. The number of nitrogens with zero attached hydrogens (tertiary/aromatic N) is 8. The monoisotopic (exact) mass is 842 g/mol.